The van der Waals surface area contributed by atoms with E-state index in [0.29, 0.717) is 11.8 Å². The molecule has 0 saturated heterocycles. The molecule has 1 aliphatic rings. The zero-order valence-electron chi connectivity index (χ0n) is 13.8. The van der Waals surface area contributed by atoms with Gasteiger partial charge in [-0.1, -0.05) is 58.6 Å². The summed E-state index contributed by atoms with van der Waals surface area (Å²) in [6.07, 6.45) is 13.8. The van der Waals surface area contributed by atoms with Crippen LogP contribution in [0, 0.1) is 19.3 Å². The lowest BCUT2D eigenvalue weighted by Gasteiger charge is -2.24. The molecule has 1 heterocycles. The Morgan fingerprint density at radius 2 is 1.95 bits per heavy atom. The summed E-state index contributed by atoms with van der Waals surface area (Å²) >= 11 is 0. The number of hydrogen-bond acceptors (Lipinski definition) is 1. The summed E-state index contributed by atoms with van der Waals surface area (Å²) in [5.41, 5.74) is 4.30. The summed E-state index contributed by atoms with van der Waals surface area (Å²) in [5.74, 6) is 1.28. The molecule has 1 heteroatoms. The van der Waals surface area contributed by atoms with Crippen molar-refractivity contribution in [3.8, 4) is 0 Å². The van der Waals surface area contributed by atoms with Crippen LogP contribution in [-0.4, -0.2) is 4.98 Å². The van der Waals surface area contributed by atoms with E-state index in [9.17, 15) is 0 Å². The monoisotopic (exact) mass is 274 g/mol. The van der Waals surface area contributed by atoms with Crippen molar-refractivity contribution in [2.75, 3.05) is 0 Å². The maximum Gasteiger partial charge on any atom is 0.0308 e. The molecule has 2 atom stereocenters. The van der Waals surface area contributed by atoms with Crippen LogP contribution in [0.2, 0.25) is 0 Å². The first-order valence-electron chi connectivity index (χ1n) is 8.19. The minimum atomic E-state index is 0. The second-order valence-electron chi connectivity index (χ2n) is 5.52. The Bertz CT molecular complexity index is 425. The van der Waals surface area contributed by atoms with Crippen molar-refractivity contribution in [3.05, 3.63) is 47.7 Å². The zero-order valence-corrected chi connectivity index (χ0v) is 13.8. The van der Waals surface area contributed by atoms with E-state index >= 15 is 0 Å². The van der Waals surface area contributed by atoms with Gasteiger partial charge in [-0.05, 0) is 36.5 Å². The number of rotatable bonds is 7. The normalized spacial score (nSPS) is 15.8. The Balaban J connectivity index is 0.00000128. The van der Waals surface area contributed by atoms with E-state index in [0.717, 1.165) is 0 Å². The van der Waals surface area contributed by atoms with E-state index in [4.69, 9.17) is 0 Å². The van der Waals surface area contributed by atoms with Crippen LogP contribution in [0.1, 0.15) is 71.8 Å². The lowest BCUT2D eigenvalue weighted by Crippen LogP contribution is -2.11. The van der Waals surface area contributed by atoms with E-state index < -0.39 is 0 Å². The molecule has 1 unspecified atom stereocenters. The Hall–Kier alpha value is -1.11. The highest BCUT2D eigenvalue weighted by Gasteiger charge is 2.28. The quantitative estimate of drug-likeness (QED) is 0.547. The Morgan fingerprint density at radius 1 is 1.25 bits per heavy atom. The molecule has 1 aliphatic carbocycles. The molecule has 0 spiro atoms. The second kappa shape index (κ2) is 8.94. The van der Waals surface area contributed by atoms with Gasteiger partial charge in [0.25, 0.3) is 0 Å². The molecule has 1 nitrogen and oxygen atoms in total. The van der Waals surface area contributed by atoms with Crippen LogP contribution in [-0.2, 0) is 0 Å². The van der Waals surface area contributed by atoms with Crippen LogP contribution in [0.3, 0.4) is 0 Å². The SMILES string of the molecule is CC.CCCCCC(C)[C@H](C1=C[CH]1)c1cnccc1C.[HH]. The minimum absolute atomic E-state index is 0. The average molecular weight is 274 g/mol. The van der Waals surface area contributed by atoms with Gasteiger partial charge >= 0.3 is 0 Å². The highest BCUT2D eigenvalue weighted by Crippen LogP contribution is 2.42. The molecule has 0 amide bonds. The van der Waals surface area contributed by atoms with Crippen LogP contribution < -0.4 is 0 Å². The molecule has 20 heavy (non-hydrogen) atoms. The third-order valence-electron chi connectivity index (χ3n) is 3.96. The number of pyridine rings is 1. The first-order valence-corrected chi connectivity index (χ1v) is 8.19. The van der Waals surface area contributed by atoms with E-state index in [1.165, 1.54) is 42.4 Å². The molecular formula is C19H32N. The van der Waals surface area contributed by atoms with Crippen LogP contribution >= 0.6 is 0 Å². The molecule has 1 radical (unpaired) electrons. The van der Waals surface area contributed by atoms with Crippen molar-refractivity contribution in [1.29, 1.82) is 0 Å². The first-order chi connectivity index (χ1) is 9.74. The third-order valence-corrected chi connectivity index (χ3v) is 3.96. The van der Waals surface area contributed by atoms with Crippen molar-refractivity contribution in [3.63, 3.8) is 0 Å². The summed E-state index contributed by atoms with van der Waals surface area (Å²) in [4.78, 5) is 4.31. The molecule has 113 valence electrons. The van der Waals surface area contributed by atoms with Crippen LogP contribution in [0.25, 0.3) is 0 Å². The van der Waals surface area contributed by atoms with Gasteiger partial charge in [-0.15, -0.1) is 0 Å². The first kappa shape index (κ1) is 16.9. The highest BCUT2D eigenvalue weighted by molar-refractivity contribution is 5.49. The fraction of sp³-hybridized carbons (Fsp3) is 0.579. The lowest BCUT2D eigenvalue weighted by molar-refractivity contribution is 0.449. The third kappa shape index (κ3) is 4.77. The van der Waals surface area contributed by atoms with Crippen LogP contribution in [0.4, 0.5) is 0 Å². The van der Waals surface area contributed by atoms with Gasteiger partial charge in [0.15, 0.2) is 0 Å². The molecule has 2 rings (SSSR count). The van der Waals surface area contributed by atoms with Gasteiger partial charge in [0.1, 0.15) is 0 Å². The minimum Gasteiger partial charge on any atom is -0.264 e. The molecular weight excluding hydrogens is 242 g/mol. The smallest absolute Gasteiger partial charge is 0.0308 e. The topological polar surface area (TPSA) is 12.9 Å². The highest BCUT2D eigenvalue weighted by atomic mass is 14.6. The molecule has 0 aliphatic heterocycles. The van der Waals surface area contributed by atoms with Crippen molar-refractivity contribution in [2.24, 2.45) is 5.92 Å². The van der Waals surface area contributed by atoms with E-state index in [1.807, 2.05) is 20.0 Å². The van der Waals surface area contributed by atoms with Crippen molar-refractivity contribution in [1.82, 2.24) is 4.98 Å². The fourth-order valence-electron chi connectivity index (χ4n) is 2.75. The second-order valence-corrected chi connectivity index (χ2v) is 5.52. The lowest BCUT2D eigenvalue weighted by atomic mass is 9.81. The maximum absolute atomic E-state index is 4.31. The van der Waals surface area contributed by atoms with Gasteiger partial charge in [-0.25, -0.2) is 0 Å². The number of nitrogens with zero attached hydrogens (tertiary/aromatic N) is 1. The number of aromatic nitrogens is 1. The maximum atomic E-state index is 4.31. The summed E-state index contributed by atoms with van der Waals surface area (Å²) in [7, 11) is 0. The average Bonchev–Trinajstić information content (AvgIpc) is 3.28. The molecule has 0 N–H and O–H groups in total. The summed E-state index contributed by atoms with van der Waals surface area (Å²) < 4.78 is 0. The van der Waals surface area contributed by atoms with Crippen molar-refractivity contribution < 1.29 is 1.43 Å². The molecule has 1 aromatic rings. The van der Waals surface area contributed by atoms with Crippen molar-refractivity contribution >= 4 is 0 Å². The van der Waals surface area contributed by atoms with Gasteiger partial charge < -0.3 is 0 Å². The van der Waals surface area contributed by atoms with Crippen molar-refractivity contribution in [2.45, 2.75) is 66.2 Å². The van der Waals surface area contributed by atoms with Gasteiger partial charge in [0.2, 0.25) is 0 Å². The molecule has 0 saturated carbocycles. The van der Waals surface area contributed by atoms with Crippen LogP contribution in [0.5, 0.6) is 0 Å². The number of hydrogen-bond donors (Lipinski definition) is 0. The molecule has 0 bridgehead atoms. The predicted octanol–water partition coefficient (Wildman–Crippen LogP) is 6.11. The molecule has 0 aromatic carbocycles. The standard InChI is InChI=1S/C17H24N.C2H6.H2/c1-4-5-6-7-14(3)17(15-8-9-15)16-12-18-11-10-13(16)2;1-2;/h8-12,14,17H,4-7H2,1-3H3;1-2H3;1H/t14?,17-;;/m1../s1. The van der Waals surface area contributed by atoms with E-state index in [-0.39, 0.29) is 1.43 Å². The van der Waals surface area contributed by atoms with E-state index in [1.54, 1.807) is 0 Å². The predicted molar refractivity (Wildman–Crippen MR) is 90.9 cm³/mol. The van der Waals surface area contributed by atoms with Gasteiger partial charge in [-0.3, -0.25) is 4.98 Å². The summed E-state index contributed by atoms with van der Waals surface area (Å²) in [6.45, 7) is 10.9. The number of unbranched alkanes of at least 4 members (excludes halogenated alkanes) is 2. The largest absolute Gasteiger partial charge is 0.264 e. The van der Waals surface area contributed by atoms with Gasteiger partial charge in [0, 0.05) is 26.2 Å². The summed E-state index contributed by atoms with van der Waals surface area (Å²) in [6, 6.07) is 2.13. The fourth-order valence-corrected chi connectivity index (χ4v) is 2.75. The molecule has 1 aromatic heterocycles. The van der Waals surface area contributed by atoms with Gasteiger partial charge in [0.05, 0.1) is 0 Å². The number of allylic oxidation sites excluding steroid dienone is 2. The Kier molecular flexibility index (Phi) is 7.58. The Morgan fingerprint density at radius 3 is 2.50 bits per heavy atom. The zero-order chi connectivity index (χ0) is 15.0. The van der Waals surface area contributed by atoms with E-state index in [2.05, 4.69) is 50.5 Å². The number of aryl methyl sites for hydroxylation is 1. The van der Waals surface area contributed by atoms with Gasteiger partial charge in [-0.2, -0.15) is 0 Å². The summed E-state index contributed by atoms with van der Waals surface area (Å²) in [5, 5.41) is 0. The van der Waals surface area contributed by atoms with Crippen LogP contribution in [0.15, 0.2) is 30.1 Å². The molecule has 0 fully saturated rings. The Labute approximate surface area is 127 Å².